The highest BCUT2D eigenvalue weighted by atomic mass is 32.2. The number of hydrogen-bond donors (Lipinski definition) is 1. The minimum Gasteiger partial charge on any atom is -0.369 e. The van der Waals surface area contributed by atoms with Crippen LogP contribution in [0.4, 0.5) is 0 Å². The number of Topliss-reactive ketones (excluding diaryl/α,β-unsaturated/α-hetero) is 1. The van der Waals surface area contributed by atoms with Crippen molar-refractivity contribution >= 4 is 46.6 Å². The molecule has 0 spiro atoms. The summed E-state index contributed by atoms with van der Waals surface area (Å²) in [6, 6.07) is 9.13. The standard InChI is InChI=1S/C13H13N3O2S3/c1-8(11(14)18)20-13-16-15-12(21-13)19-7-10(17)9-5-3-2-4-6-9/h2-6,8H,7H2,1H3,(H2,14,18)/t8-/m0/s1. The van der Waals surface area contributed by atoms with Gasteiger partial charge in [0.25, 0.3) is 0 Å². The van der Waals surface area contributed by atoms with Gasteiger partial charge in [-0.05, 0) is 6.92 Å². The van der Waals surface area contributed by atoms with Crippen molar-refractivity contribution in [2.75, 3.05) is 5.75 Å². The fourth-order valence-corrected chi connectivity index (χ4v) is 4.36. The van der Waals surface area contributed by atoms with Gasteiger partial charge in [0.15, 0.2) is 14.5 Å². The van der Waals surface area contributed by atoms with Crippen molar-refractivity contribution in [1.82, 2.24) is 10.2 Å². The molecule has 2 rings (SSSR count). The largest absolute Gasteiger partial charge is 0.369 e. The van der Waals surface area contributed by atoms with Crippen LogP contribution in [0.1, 0.15) is 17.3 Å². The van der Waals surface area contributed by atoms with E-state index in [4.69, 9.17) is 5.73 Å². The van der Waals surface area contributed by atoms with Gasteiger partial charge in [-0.15, -0.1) is 10.2 Å². The maximum absolute atomic E-state index is 12.0. The molecule has 0 saturated carbocycles. The first-order valence-electron chi connectivity index (χ1n) is 6.07. The monoisotopic (exact) mass is 339 g/mol. The van der Waals surface area contributed by atoms with Crippen molar-refractivity contribution < 1.29 is 9.59 Å². The third-order valence-electron chi connectivity index (χ3n) is 2.49. The van der Waals surface area contributed by atoms with E-state index in [-0.39, 0.29) is 16.9 Å². The quantitative estimate of drug-likeness (QED) is 0.616. The number of nitrogens with zero attached hydrogens (tertiary/aromatic N) is 2. The van der Waals surface area contributed by atoms with Crippen LogP contribution in [0.15, 0.2) is 39.0 Å². The Balaban J connectivity index is 1.88. The molecule has 1 atom stereocenters. The molecule has 0 aliphatic carbocycles. The second-order valence-corrected chi connectivity index (χ2v) is 7.86. The van der Waals surface area contributed by atoms with E-state index in [0.717, 1.165) is 0 Å². The van der Waals surface area contributed by atoms with E-state index in [1.54, 1.807) is 19.1 Å². The molecule has 8 heteroatoms. The predicted octanol–water partition coefficient (Wildman–Crippen LogP) is 2.48. The SMILES string of the molecule is C[C@H](Sc1nnc(SCC(=O)c2ccccc2)s1)C(N)=O. The minimum atomic E-state index is -0.386. The maximum atomic E-state index is 12.0. The van der Waals surface area contributed by atoms with Gasteiger partial charge < -0.3 is 5.73 Å². The van der Waals surface area contributed by atoms with Gasteiger partial charge >= 0.3 is 0 Å². The second kappa shape index (κ2) is 7.58. The summed E-state index contributed by atoms with van der Waals surface area (Å²) < 4.78 is 1.38. The second-order valence-electron chi connectivity index (χ2n) is 4.07. The Hall–Kier alpha value is -1.38. The van der Waals surface area contributed by atoms with E-state index in [2.05, 4.69) is 10.2 Å². The molecule has 0 aliphatic heterocycles. The molecule has 110 valence electrons. The predicted molar refractivity (Wildman–Crippen MR) is 85.9 cm³/mol. The molecule has 1 aromatic heterocycles. The Morgan fingerprint density at radius 1 is 1.24 bits per heavy atom. The number of rotatable bonds is 7. The molecule has 1 amide bonds. The molecule has 0 fully saturated rings. The lowest BCUT2D eigenvalue weighted by atomic mass is 10.2. The number of thioether (sulfide) groups is 2. The van der Waals surface area contributed by atoms with Crippen molar-refractivity contribution in [3.63, 3.8) is 0 Å². The highest BCUT2D eigenvalue weighted by Gasteiger charge is 2.15. The first kappa shape index (κ1) is 16.0. The van der Waals surface area contributed by atoms with E-state index in [1.165, 1.54) is 34.9 Å². The van der Waals surface area contributed by atoms with Crippen LogP contribution in [-0.4, -0.2) is 32.9 Å². The fourth-order valence-electron chi connectivity index (χ4n) is 1.35. The van der Waals surface area contributed by atoms with Crippen LogP contribution in [0.5, 0.6) is 0 Å². The number of carbonyl (C=O) groups excluding carboxylic acids is 2. The lowest BCUT2D eigenvalue weighted by Gasteiger charge is -2.01. The van der Waals surface area contributed by atoms with Gasteiger partial charge in [-0.2, -0.15) is 0 Å². The van der Waals surface area contributed by atoms with Crippen LogP contribution >= 0.6 is 34.9 Å². The minimum absolute atomic E-state index is 0.0514. The molecular weight excluding hydrogens is 326 g/mol. The van der Waals surface area contributed by atoms with Gasteiger partial charge in [-0.1, -0.05) is 65.2 Å². The molecule has 1 heterocycles. The third kappa shape index (κ3) is 4.83. The van der Waals surface area contributed by atoms with Crippen molar-refractivity contribution in [2.24, 2.45) is 5.73 Å². The molecule has 0 saturated heterocycles. The van der Waals surface area contributed by atoms with Crippen molar-refractivity contribution in [1.29, 1.82) is 0 Å². The molecule has 0 aliphatic rings. The van der Waals surface area contributed by atoms with E-state index < -0.39 is 0 Å². The highest BCUT2D eigenvalue weighted by molar-refractivity contribution is 8.04. The number of primary amides is 1. The van der Waals surface area contributed by atoms with E-state index in [0.29, 0.717) is 20.0 Å². The Kier molecular flexibility index (Phi) is 5.77. The normalized spacial score (nSPS) is 12.0. The number of aromatic nitrogens is 2. The number of hydrogen-bond acceptors (Lipinski definition) is 7. The summed E-state index contributed by atoms with van der Waals surface area (Å²) in [6.07, 6.45) is 0. The Bertz CT molecular complexity index is 631. The topological polar surface area (TPSA) is 85.9 Å². The first-order chi connectivity index (χ1) is 10.1. The molecule has 1 aromatic carbocycles. The Morgan fingerprint density at radius 3 is 2.57 bits per heavy atom. The molecule has 0 radical (unpaired) electrons. The van der Waals surface area contributed by atoms with Crippen LogP contribution in [0.25, 0.3) is 0 Å². The molecule has 0 unspecified atom stereocenters. The number of nitrogens with two attached hydrogens (primary N) is 1. The van der Waals surface area contributed by atoms with Crippen molar-refractivity contribution in [3.05, 3.63) is 35.9 Å². The number of benzene rings is 1. The Morgan fingerprint density at radius 2 is 1.90 bits per heavy atom. The van der Waals surface area contributed by atoms with Crippen LogP contribution < -0.4 is 5.73 Å². The van der Waals surface area contributed by atoms with Crippen molar-refractivity contribution in [2.45, 2.75) is 20.9 Å². The molecule has 2 N–H and O–H groups in total. The summed E-state index contributed by atoms with van der Waals surface area (Å²) in [5.74, 6) is -0.0199. The van der Waals surface area contributed by atoms with Crippen LogP contribution in [-0.2, 0) is 4.79 Å². The van der Waals surface area contributed by atoms with Crippen LogP contribution in [0, 0.1) is 0 Å². The zero-order valence-electron chi connectivity index (χ0n) is 11.2. The van der Waals surface area contributed by atoms with E-state index >= 15 is 0 Å². The summed E-state index contributed by atoms with van der Waals surface area (Å²) in [7, 11) is 0. The van der Waals surface area contributed by atoms with Gasteiger partial charge in [-0.3, -0.25) is 9.59 Å². The number of amides is 1. The highest BCUT2D eigenvalue weighted by Crippen LogP contribution is 2.31. The summed E-state index contributed by atoms with van der Waals surface area (Å²) in [4.78, 5) is 23.0. The lowest BCUT2D eigenvalue weighted by molar-refractivity contribution is -0.117. The smallest absolute Gasteiger partial charge is 0.230 e. The summed E-state index contributed by atoms with van der Waals surface area (Å²) in [5.41, 5.74) is 5.89. The molecule has 5 nitrogen and oxygen atoms in total. The zero-order valence-corrected chi connectivity index (χ0v) is 13.6. The van der Waals surface area contributed by atoms with Gasteiger partial charge in [0.05, 0.1) is 11.0 Å². The van der Waals surface area contributed by atoms with Crippen molar-refractivity contribution in [3.8, 4) is 0 Å². The Labute approximate surface area is 134 Å². The van der Waals surface area contributed by atoms with Gasteiger partial charge in [-0.25, -0.2) is 0 Å². The number of carbonyl (C=O) groups is 2. The third-order valence-corrected chi connectivity index (χ3v) is 5.75. The van der Waals surface area contributed by atoms with Gasteiger partial charge in [0.1, 0.15) is 0 Å². The van der Waals surface area contributed by atoms with E-state index in [1.807, 2.05) is 18.2 Å². The molecule has 2 aromatic rings. The molecule has 21 heavy (non-hydrogen) atoms. The van der Waals surface area contributed by atoms with E-state index in [9.17, 15) is 9.59 Å². The summed E-state index contributed by atoms with van der Waals surface area (Å²) in [5, 5.41) is 7.64. The average Bonchev–Trinajstić information content (AvgIpc) is 2.93. The summed E-state index contributed by atoms with van der Waals surface area (Å²) in [6.45, 7) is 1.72. The van der Waals surface area contributed by atoms with Crippen LogP contribution in [0.2, 0.25) is 0 Å². The fraction of sp³-hybridized carbons (Fsp3) is 0.231. The van der Waals surface area contributed by atoms with Gasteiger partial charge in [0, 0.05) is 5.56 Å². The van der Waals surface area contributed by atoms with Crippen LogP contribution in [0.3, 0.4) is 0 Å². The van der Waals surface area contributed by atoms with Gasteiger partial charge in [0.2, 0.25) is 5.91 Å². The number of ketones is 1. The first-order valence-corrected chi connectivity index (χ1v) is 8.75. The average molecular weight is 339 g/mol. The summed E-state index contributed by atoms with van der Waals surface area (Å²) >= 11 is 3.98. The zero-order chi connectivity index (χ0) is 15.2. The molecule has 0 bridgehead atoms. The molecular formula is C13H13N3O2S3. The lowest BCUT2D eigenvalue weighted by Crippen LogP contribution is -2.22. The maximum Gasteiger partial charge on any atom is 0.230 e.